The van der Waals surface area contributed by atoms with Crippen LogP contribution in [0.3, 0.4) is 0 Å². The summed E-state index contributed by atoms with van der Waals surface area (Å²) in [6, 6.07) is 0. The highest BCUT2D eigenvalue weighted by atomic mass is 16.7. The summed E-state index contributed by atoms with van der Waals surface area (Å²) in [6.07, 6.45) is 1.53. The van der Waals surface area contributed by atoms with Crippen LogP contribution in [0.2, 0.25) is 0 Å². The van der Waals surface area contributed by atoms with E-state index in [0.29, 0.717) is 38.5 Å². The van der Waals surface area contributed by atoms with Crippen molar-refractivity contribution in [2.45, 2.75) is 55.3 Å². The second-order valence-corrected chi connectivity index (χ2v) is 6.71. The molecule has 0 spiro atoms. The molecule has 118 valence electrons. The van der Waals surface area contributed by atoms with Gasteiger partial charge in [0.2, 0.25) is 0 Å². The van der Waals surface area contributed by atoms with Crippen LogP contribution >= 0.6 is 0 Å². The van der Waals surface area contributed by atoms with Crippen molar-refractivity contribution in [1.82, 2.24) is 0 Å². The largest absolute Gasteiger partial charge is 0.508 e. The molecular weight excluding hydrogens is 280 g/mol. The Kier molecular flexibility index (Phi) is 3.09. The van der Waals surface area contributed by atoms with Crippen molar-refractivity contribution >= 4 is 12.3 Å². The zero-order chi connectivity index (χ0) is 15.3. The quantitative estimate of drug-likeness (QED) is 0.777. The molecule has 4 saturated carbocycles. The monoisotopic (exact) mass is 300 g/mol. The molecule has 7 heteroatoms. The topological polar surface area (TPSA) is 91.3 Å². The first-order chi connectivity index (χ1) is 9.82. The van der Waals surface area contributed by atoms with Gasteiger partial charge in [0, 0.05) is 19.3 Å². The molecule has 0 aromatic heterocycles. The summed E-state index contributed by atoms with van der Waals surface area (Å²) in [5.74, 6) is 0.153. The number of carbonyl (C=O) groups excluding carboxylic acids is 2. The Morgan fingerprint density at radius 1 is 0.905 bits per heavy atom. The van der Waals surface area contributed by atoms with Gasteiger partial charge in [0.05, 0.1) is 19.8 Å². The molecule has 2 atom stereocenters. The minimum atomic E-state index is -0.971. The Balaban J connectivity index is 1.88. The Morgan fingerprint density at radius 3 is 1.76 bits per heavy atom. The van der Waals surface area contributed by atoms with E-state index in [1.807, 2.05) is 0 Å². The predicted molar refractivity (Wildman–Crippen MR) is 68.6 cm³/mol. The van der Waals surface area contributed by atoms with Gasteiger partial charge in [-0.2, -0.15) is 0 Å². The van der Waals surface area contributed by atoms with Crippen molar-refractivity contribution in [2.24, 2.45) is 5.92 Å². The molecule has 4 fully saturated rings. The highest BCUT2D eigenvalue weighted by Crippen LogP contribution is 2.61. The van der Waals surface area contributed by atoms with Crippen molar-refractivity contribution in [3.63, 3.8) is 0 Å². The number of methoxy groups -OCH3 is 2. The molecule has 0 radical (unpaired) electrons. The molecule has 0 aliphatic heterocycles. The molecular formula is C14H20O7. The number of hydrogen-bond acceptors (Lipinski definition) is 7. The molecule has 4 aliphatic rings. The van der Waals surface area contributed by atoms with Crippen LogP contribution in [0.1, 0.15) is 38.5 Å². The second-order valence-electron chi connectivity index (χ2n) is 6.71. The molecule has 0 saturated heterocycles. The standard InChI is InChI=1S/C14H20O7/c1-18-10(15)20-13-4-9-3-12(17,6-13)7-14(5-9,8-13)21-11(16)19-2/h9,17H,3-8H2,1-2H3. The van der Waals surface area contributed by atoms with Gasteiger partial charge < -0.3 is 24.1 Å². The van der Waals surface area contributed by atoms with Crippen LogP contribution in [0.5, 0.6) is 0 Å². The molecule has 4 aliphatic carbocycles. The van der Waals surface area contributed by atoms with Crippen molar-refractivity contribution in [3.05, 3.63) is 0 Å². The fourth-order valence-corrected chi connectivity index (χ4v) is 4.88. The number of hydrogen-bond donors (Lipinski definition) is 1. The lowest BCUT2D eigenvalue weighted by Crippen LogP contribution is -2.68. The van der Waals surface area contributed by atoms with Gasteiger partial charge in [-0.25, -0.2) is 9.59 Å². The van der Waals surface area contributed by atoms with E-state index < -0.39 is 29.1 Å². The van der Waals surface area contributed by atoms with Crippen molar-refractivity contribution in [1.29, 1.82) is 0 Å². The van der Waals surface area contributed by atoms with Gasteiger partial charge in [-0.15, -0.1) is 0 Å². The van der Waals surface area contributed by atoms with Crippen LogP contribution in [0.15, 0.2) is 0 Å². The summed E-state index contributed by atoms with van der Waals surface area (Å²) in [5.41, 5.74) is -2.62. The van der Waals surface area contributed by atoms with E-state index in [4.69, 9.17) is 9.47 Å². The van der Waals surface area contributed by atoms with Crippen molar-refractivity contribution in [3.8, 4) is 0 Å². The molecule has 0 aromatic rings. The summed E-state index contributed by atoms with van der Waals surface area (Å²) < 4.78 is 20.1. The molecule has 7 nitrogen and oxygen atoms in total. The first kappa shape index (κ1) is 14.4. The maximum Gasteiger partial charge on any atom is 0.508 e. The first-order valence-electron chi connectivity index (χ1n) is 7.08. The molecule has 21 heavy (non-hydrogen) atoms. The van der Waals surface area contributed by atoms with Gasteiger partial charge in [-0.05, 0) is 25.2 Å². The molecule has 0 heterocycles. The Labute approximate surface area is 122 Å². The molecule has 0 aromatic carbocycles. The number of rotatable bonds is 2. The molecule has 4 bridgehead atoms. The zero-order valence-corrected chi connectivity index (χ0v) is 12.2. The molecule has 0 amide bonds. The molecule has 4 rings (SSSR count). The van der Waals surface area contributed by atoms with Gasteiger partial charge in [-0.1, -0.05) is 0 Å². The Hall–Kier alpha value is -1.50. The summed E-state index contributed by atoms with van der Waals surface area (Å²) in [7, 11) is 2.50. The lowest BCUT2D eigenvalue weighted by Gasteiger charge is -2.62. The van der Waals surface area contributed by atoms with E-state index in [2.05, 4.69) is 9.47 Å². The number of carbonyl (C=O) groups is 2. The minimum absolute atomic E-state index is 0.153. The van der Waals surface area contributed by atoms with Crippen LogP contribution in [-0.4, -0.2) is 48.4 Å². The van der Waals surface area contributed by atoms with Crippen LogP contribution in [-0.2, 0) is 18.9 Å². The molecule has 1 N–H and O–H groups in total. The van der Waals surface area contributed by atoms with Gasteiger partial charge in [0.15, 0.2) is 0 Å². The summed E-state index contributed by atoms with van der Waals surface area (Å²) in [6.45, 7) is 0. The number of aliphatic hydroxyl groups is 1. The van der Waals surface area contributed by atoms with Crippen LogP contribution < -0.4 is 0 Å². The minimum Gasteiger partial charge on any atom is -0.438 e. The van der Waals surface area contributed by atoms with Gasteiger partial charge in [0.1, 0.15) is 11.2 Å². The zero-order valence-electron chi connectivity index (χ0n) is 12.2. The predicted octanol–water partition coefficient (Wildman–Crippen LogP) is 1.76. The van der Waals surface area contributed by atoms with Crippen molar-refractivity contribution < 1.29 is 33.6 Å². The van der Waals surface area contributed by atoms with Crippen molar-refractivity contribution in [2.75, 3.05) is 14.2 Å². The van der Waals surface area contributed by atoms with E-state index in [-0.39, 0.29) is 5.92 Å². The van der Waals surface area contributed by atoms with E-state index in [9.17, 15) is 14.7 Å². The number of ether oxygens (including phenoxy) is 4. The Bertz CT molecular complexity index is 440. The van der Waals surface area contributed by atoms with Crippen LogP contribution in [0.4, 0.5) is 9.59 Å². The lowest BCUT2D eigenvalue weighted by molar-refractivity contribution is -0.257. The van der Waals surface area contributed by atoms with Gasteiger partial charge >= 0.3 is 12.3 Å². The summed E-state index contributed by atoms with van der Waals surface area (Å²) in [5, 5.41) is 10.7. The Morgan fingerprint density at radius 2 is 1.38 bits per heavy atom. The normalized spacial score (nSPS) is 43.3. The fraction of sp³-hybridized carbons (Fsp3) is 0.857. The fourth-order valence-electron chi connectivity index (χ4n) is 4.88. The third-order valence-electron chi connectivity index (χ3n) is 4.87. The van der Waals surface area contributed by atoms with Crippen LogP contribution in [0, 0.1) is 5.92 Å². The highest BCUT2D eigenvalue weighted by molar-refractivity contribution is 5.61. The van der Waals surface area contributed by atoms with E-state index in [1.54, 1.807) is 0 Å². The smallest absolute Gasteiger partial charge is 0.438 e. The first-order valence-corrected chi connectivity index (χ1v) is 7.08. The maximum atomic E-state index is 11.5. The van der Waals surface area contributed by atoms with E-state index in [1.165, 1.54) is 14.2 Å². The van der Waals surface area contributed by atoms with Crippen LogP contribution in [0.25, 0.3) is 0 Å². The maximum absolute atomic E-state index is 11.5. The average molecular weight is 300 g/mol. The van der Waals surface area contributed by atoms with Gasteiger partial charge in [-0.3, -0.25) is 0 Å². The third-order valence-corrected chi connectivity index (χ3v) is 4.87. The summed E-state index contributed by atoms with van der Waals surface area (Å²) in [4.78, 5) is 23.0. The van der Waals surface area contributed by atoms with E-state index >= 15 is 0 Å². The summed E-state index contributed by atoms with van der Waals surface area (Å²) >= 11 is 0. The lowest BCUT2D eigenvalue weighted by atomic mass is 9.50. The van der Waals surface area contributed by atoms with Gasteiger partial charge in [0.25, 0.3) is 0 Å². The average Bonchev–Trinajstić information content (AvgIpc) is 2.34. The third kappa shape index (κ3) is 2.43. The second kappa shape index (κ2) is 4.50. The SMILES string of the molecule is COC(=O)OC12CC3CC(O)(C1)CC(OC(=O)OC)(C3)C2. The van der Waals surface area contributed by atoms with E-state index in [0.717, 1.165) is 0 Å². The molecule has 2 unspecified atom stereocenters. The highest BCUT2D eigenvalue weighted by Gasteiger charge is 2.66.